The SMILES string of the molecule is CCOC(=O)N1CCC(NC(=O)c2cn[nH]c2-c2ccc(CC)cc2)CC1. The number of carbonyl (C=O) groups excluding carboxylic acids is 2. The Morgan fingerprint density at radius 1 is 1.22 bits per heavy atom. The Morgan fingerprint density at radius 3 is 2.56 bits per heavy atom. The minimum absolute atomic E-state index is 0.0355. The average molecular weight is 370 g/mol. The number of aromatic nitrogens is 2. The number of carbonyl (C=O) groups is 2. The quantitative estimate of drug-likeness (QED) is 0.847. The number of likely N-dealkylation sites (tertiary alicyclic amines) is 1. The van der Waals surface area contributed by atoms with E-state index in [0.717, 1.165) is 17.7 Å². The lowest BCUT2D eigenvalue weighted by Gasteiger charge is -2.31. The Balaban J connectivity index is 1.61. The summed E-state index contributed by atoms with van der Waals surface area (Å²) in [5.41, 5.74) is 3.44. The van der Waals surface area contributed by atoms with Crippen molar-refractivity contribution in [3.05, 3.63) is 41.6 Å². The molecule has 1 aromatic carbocycles. The van der Waals surface area contributed by atoms with Crippen LogP contribution in [0.5, 0.6) is 0 Å². The Kier molecular flexibility index (Phi) is 6.11. The normalized spacial score (nSPS) is 14.8. The fraction of sp³-hybridized carbons (Fsp3) is 0.450. The van der Waals surface area contributed by atoms with Gasteiger partial charge >= 0.3 is 6.09 Å². The van der Waals surface area contributed by atoms with Crippen LogP contribution in [0.2, 0.25) is 0 Å². The lowest BCUT2D eigenvalue weighted by molar-refractivity contribution is 0.0860. The molecule has 144 valence electrons. The Bertz CT molecular complexity index is 777. The second-order valence-electron chi connectivity index (χ2n) is 6.64. The first-order valence-corrected chi connectivity index (χ1v) is 9.47. The molecular weight excluding hydrogens is 344 g/mol. The molecule has 2 N–H and O–H groups in total. The van der Waals surface area contributed by atoms with E-state index in [1.165, 1.54) is 5.56 Å². The minimum atomic E-state index is -0.282. The van der Waals surface area contributed by atoms with Gasteiger partial charge in [0, 0.05) is 24.7 Å². The molecule has 2 aromatic rings. The first-order valence-electron chi connectivity index (χ1n) is 9.47. The van der Waals surface area contributed by atoms with E-state index in [-0.39, 0.29) is 18.0 Å². The van der Waals surface area contributed by atoms with Crippen LogP contribution in [-0.2, 0) is 11.2 Å². The van der Waals surface area contributed by atoms with Crippen LogP contribution in [0, 0.1) is 0 Å². The van der Waals surface area contributed by atoms with E-state index < -0.39 is 0 Å². The first kappa shape index (κ1) is 18.9. The van der Waals surface area contributed by atoms with Gasteiger partial charge in [0.2, 0.25) is 0 Å². The Morgan fingerprint density at radius 2 is 1.93 bits per heavy atom. The number of nitrogens with zero attached hydrogens (tertiary/aromatic N) is 2. The van der Waals surface area contributed by atoms with Gasteiger partial charge in [-0.15, -0.1) is 0 Å². The third-order valence-electron chi connectivity index (χ3n) is 4.89. The zero-order valence-electron chi connectivity index (χ0n) is 15.8. The fourth-order valence-corrected chi connectivity index (χ4v) is 3.27. The van der Waals surface area contributed by atoms with Crippen LogP contribution in [0.25, 0.3) is 11.3 Å². The van der Waals surface area contributed by atoms with Crippen LogP contribution >= 0.6 is 0 Å². The number of piperidine rings is 1. The molecule has 7 heteroatoms. The summed E-state index contributed by atoms with van der Waals surface area (Å²) in [6.07, 6.45) is 3.67. The Hall–Kier alpha value is -2.83. The highest BCUT2D eigenvalue weighted by molar-refractivity contribution is 5.99. The van der Waals surface area contributed by atoms with E-state index >= 15 is 0 Å². The number of nitrogens with one attached hydrogen (secondary N) is 2. The Labute approximate surface area is 159 Å². The van der Waals surface area contributed by atoms with Gasteiger partial charge in [-0.1, -0.05) is 31.2 Å². The molecule has 7 nitrogen and oxygen atoms in total. The molecule has 2 heterocycles. The summed E-state index contributed by atoms with van der Waals surface area (Å²) < 4.78 is 5.03. The first-order chi connectivity index (χ1) is 13.1. The van der Waals surface area contributed by atoms with Crippen molar-refractivity contribution >= 4 is 12.0 Å². The van der Waals surface area contributed by atoms with Gasteiger partial charge in [0.1, 0.15) is 0 Å². The number of hydrogen-bond donors (Lipinski definition) is 2. The van der Waals surface area contributed by atoms with E-state index in [9.17, 15) is 9.59 Å². The average Bonchev–Trinajstić information content (AvgIpc) is 3.19. The van der Waals surface area contributed by atoms with Crippen LogP contribution in [0.15, 0.2) is 30.5 Å². The number of ether oxygens (including phenoxy) is 1. The number of hydrogen-bond acceptors (Lipinski definition) is 4. The van der Waals surface area contributed by atoms with Crippen molar-refractivity contribution in [3.8, 4) is 11.3 Å². The highest BCUT2D eigenvalue weighted by atomic mass is 16.6. The number of aryl methyl sites for hydroxylation is 1. The molecule has 0 aliphatic carbocycles. The predicted molar refractivity (Wildman–Crippen MR) is 102 cm³/mol. The molecule has 0 atom stereocenters. The van der Waals surface area contributed by atoms with Gasteiger partial charge in [-0.2, -0.15) is 5.10 Å². The number of amides is 2. The summed E-state index contributed by atoms with van der Waals surface area (Å²) in [5, 5.41) is 10.1. The second kappa shape index (κ2) is 8.70. The van der Waals surface area contributed by atoms with E-state index in [0.29, 0.717) is 38.1 Å². The minimum Gasteiger partial charge on any atom is -0.450 e. The van der Waals surface area contributed by atoms with Crippen molar-refractivity contribution in [1.29, 1.82) is 0 Å². The molecule has 0 unspecified atom stereocenters. The lowest BCUT2D eigenvalue weighted by Crippen LogP contribution is -2.46. The lowest BCUT2D eigenvalue weighted by atomic mass is 10.0. The van der Waals surface area contributed by atoms with Crippen molar-refractivity contribution in [2.24, 2.45) is 0 Å². The standard InChI is InChI=1S/C20H26N4O3/c1-3-14-5-7-15(8-6-14)18-17(13-21-23-18)19(25)22-16-9-11-24(12-10-16)20(26)27-4-2/h5-8,13,16H,3-4,9-12H2,1-2H3,(H,21,23)(H,22,25). The van der Waals surface area contributed by atoms with Gasteiger partial charge < -0.3 is 15.0 Å². The van der Waals surface area contributed by atoms with Crippen molar-refractivity contribution < 1.29 is 14.3 Å². The molecule has 1 aliphatic heterocycles. The number of H-pyrrole nitrogens is 1. The van der Waals surface area contributed by atoms with Gasteiger partial charge in [-0.3, -0.25) is 9.89 Å². The molecule has 3 rings (SSSR count). The van der Waals surface area contributed by atoms with Crippen LogP contribution in [0.3, 0.4) is 0 Å². The molecule has 1 aromatic heterocycles. The predicted octanol–water partition coefficient (Wildman–Crippen LogP) is 2.99. The molecule has 0 radical (unpaired) electrons. The molecule has 1 aliphatic rings. The van der Waals surface area contributed by atoms with Crippen molar-refractivity contribution in [1.82, 2.24) is 20.4 Å². The zero-order chi connectivity index (χ0) is 19.2. The van der Waals surface area contributed by atoms with Gasteiger partial charge in [0.15, 0.2) is 0 Å². The third kappa shape index (κ3) is 4.48. The topological polar surface area (TPSA) is 87.3 Å². The number of benzene rings is 1. The second-order valence-corrected chi connectivity index (χ2v) is 6.64. The molecule has 1 fully saturated rings. The highest BCUT2D eigenvalue weighted by Gasteiger charge is 2.26. The van der Waals surface area contributed by atoms with Crippen LogP contribution in [0.1, 0.15) is 42.6 Å². The van der Waals surface area contributed by atoms with Crippen molar-refractivity contribution in [2.75, 3.05) is 19.7 Å². The summed E-state index contributed by atoms with van der Waals surface area (Å²) in [5.74, 6) is -0.145. The van der Waals surface area contributed by atoms with E-state index in [1.54, 1.807) is 18.0 Å². The molecule has 27 heavy (non-hydrogen) atoms. The molecular formula is C20H26N4O3. The van der Waals surface area contributed by atoms with Gasteiger partial charge in [-0.05, 0) is 31.7 Å². The van der Waals surface area contributed by atoms with Crippen LogP contribution in [0.4, 0.5) is 4.79 Å². The van der Waals surface area contributed by atoms with Crippen LogP contribution in [-0.4, -0.2) is 52.8 Å². The summed E-state index contributed by atoms with van der Waals surface area (Å²) >= 11 is 0. The van der Waals surface area contributed by atoms with Gasteiger partial charge in [-0.25, -0.2) is 4.79 Å². The maximum Gasteiger partial charge on any atom is 0.409 e. The van der Waals surface area contributed by atoms with E-state index in [1.807, 2.05) is 12.1 Å². The molecule has 0 saturated carbocycles. The van der Waals surface area contributed by atoms with Gasteiger partial charge in [0.25, 0.3) is 5.91 Å². The number of rotatable bonds is 5. The smallest absolute Gasteiger partial charge is 0.409 e. The third-order valence-corrected chi connectivity index (χ3v) is 4.89. The van der Waals surface area contributed by atoms with Crippen molar-refractivity contribution in [2.45, 2.75) is 39.2 Å². The molecule has 2 amide bonds. The number of aromatic amines is 1. The largest absolute Gasteiger partial charge is 0.450 e. The fourth-order valence-electron chi connectivity index (χ4n) is 3.27. The summed E-state index contributed by atoms with van der Waals surface area (Å²) in [6.45, 7) is 5.44. The summed E-state index contributed by atoms with van der Waals surface area (Å²) in [6, 6.07) is 8.15. The summed E-state index contributed by atoms with van der Waals surface area (Å²) in [7, 11) is 0. The monoisotopic (exact) mass is 370 g/mol. The van der Waals surface area contributed by atoms with Crippen LogP contribution < -0.4 is 5.32 Å². The molecule has 0 bridgehead atoms. The molecule has 1 saturated heterocycles. The zero-order valence-corrected chi connectivity index (χ0v) is 15.8. The van der Waals surface area contributed by atoms with E-state index in [4.69, 9.17) is 4.74 Å². The maximum absolute atomic E-state index is 12.7. The molecule has 0 spiro atoms. The summed E-state index contributed by atoms with van der Waals surface area (Å²) in [4.78, 5) is 26.2. The van der Waals surface area contributed by atoms with Gasteiger partial charge in [0.05, 0.1) is 24.1 Å². The van der Waals surface area contributed by atoms with E-state index in [2.05, 4.69) is 34.6 Å². The maximum atomic E-state index is 12.7. The van der Waals surface area contributed by atoms with Crippen molar-refractivity contribution in [3.63, 3.8) is 0 Å². The highest BCUT2D eigenvalue weighted by Crippen LogP contribution is 2.22.